The van der Waals surface area contributed by atoms with E-state index < -0.39 is 5.97 Å². The fourth-order valence-corrected chi connectivity index (χ4v) is 3.40. The molecule has 1 fully saturated rings. The molecule has 0 aliphatic heterocycles. The number of halogens is 1. The maximum absolute atomic E-state index is 11.2. The number of carbonyl (C=O) groups is 1. The lowest BCUT2D eigenvalue weighted by Gasteiger charge is -2.29. The molecule has 0 heterocycles. The van der Waals surface area contributed by atoms with Crippen LogP contribution in [0.5, 0.6) is 0 Å². The number of anilines is 1. The molecule has 0 unspecified atom stereocenters. The topological polar surface area (TPSA) is 49.3 Å². The van der Waals surface area contributed by atoms with E-state index >= 15 is 0 Å². The van der Waals surface area contributed by atoms with Gasteiger partial charge in [0.2, 0.25) is 0 Å². The van der Waals surface area contributed by atoms with E-state index in [9.17, 15) is 9.90 Å². The normalized spacial score (nSPS) is 23.1. The van der Waals surface area contributed by atoms with Crippen molar-refractivity contribution in [2.45, 2.75) is 37.0 Å². The lowest BCUT2D eigenvalue weighted by atomic mass is 9.94. The van der Waals surface area contributed by atoms with E-state index in [1.165, 1.54) is 18.9 Å². The molecular formula is C14H18ClNO2S. The van der Waals surface area contributed by atoms with Crippen LogP contribution in [-0.4, -0.2) is 28.6 Å². The maximum Gasteiger partial charge on any atom is 0.337 e. The third-order valence-corrected chi connectivity index (χ3v) is 4.95. The number of carboxylic acids is 1. The Morgan fingerprint density at radius 2 is 2.05 bits per heavy atom. The first-order chi connectivity index (χ1) is 9.10. The summed E-state index contributed by atoms with van der Waals surface area (Å²) in [4.78, 5) is 11.2. The van der Waals surface area contributed by atoms with Gasteiger partial charge in [-0.1, -0.05) is 11.6 Å². The zero-order chi connectivity index (χ0) is 13.8. The summed E-state index contributed by atoms with van der Waals surface area (Å²) in [6, 6.07) is 5.35. The number of aromatic carboxylic acids is 1. The van der Waals surface area contributed by atoms with Crippen LogP contribution in [0.3, 0.4) is 0 Å². The maximum atomic E-state index is 11.2. The van der Waals surface area contributed by atoms with Crippen LogP contribution in [0.25, 0.3) is 0 Å². The molecule has 2 N–H and O–H groups in total. The van der Waals surface area contributed by atoms with Crippen LogP contribution in [0.2, 0.25) is 5.02 Å². The Labute approximate surface area is 122 Å². The highest BCUT2D eigenvalue weighted by atomic mass is 35.5. The predicted octanol–water partition coefficient (Wildman–Crippen LogP) is 4.12. The Morgan fingerprint density at radius 3 is 2.63 bits per heavy atom. The second-order valence-corrected chi connectivity index (χ2v) is 6.42. The van der Waals surface area contributed by atoms with Crippen molar-refractivity contribution in [2.75, 3.05) is 11.6 Å². The SMILES string of the molecule is CSC1CCC(Nc2ccc(Cl)cc2C(=O)O)CC1. The van der Waals surface area contributed by atoms with Gasteiger partial charge in [-0.2, -0.15) is 11.8 Å². The molecule has 0 bridgehead atoms. The fourth-order valence-electron chi connectivity index (χ4n) is 2.48. The summed E-state index contributed by atoms with van der Waals surface area (Å²) < 4.78 is 0. The van der Waals surface area contributed by atoms with Crippen molar-refractivity contribution in [1.82, 2.24) is 0 Å². The highest BCUT2D eigenvalue weighted by Crippen LogP contribution is 2.30. The molecule has 0 aromatic heterocycles. The van der Waals surface area contributed by atoms with Gasteiger partial charge < -0.3 is 10.4 Å². The van der Waals surface area contributed by atoms with E-state index in [0.717, 1.165) is 18.1 Å². The lowest BCUT2D eigenvalue weighted by Crippen LogP contribution is -2.27. The van der Waals surface area contributed by atoms with Gasteiger partial charge in [0.1, 0.15) is 0 Å². The molecule has 0 radical (unpaired) electrons. The monoisotopic (exact) mass is 299 g/mol. The quantitative estimate of drug-likeness (QED) is 0.878. The van der Waals surface area contributed by atoms with Gasteiger partial charge in [-0.25, -0.2) is 4.79 Å². The van der Waals surface area contributed by atoms with Gasteiger partial charge in [0, 0.05) is 22.0 Å². The minimum absolute atomic E-state index is 0.250. The minimum Gasteiger partial charge on any atom is -0.478 e. The molecule has 0 atom stereocenters. The first-order valence-electron chi connectivity index (χ1n) is 6.42. The molecule has 2 rings (SSSR count). The summed E-state index contributed by atoms with van der Waals surface area (Å²) in [6.07, 6.45) is 6.71. The van der Waals surface area contributed by atoms with E-state index in [4.69, 9.17) is 11.6 Å². The summed E-state index contributed by atoms with van der Waals surface area (Å²) >= 11 is 7.77. The van der Waals surface area contributed by atoms with E-state index in [1.54, 1.807) is 12.1 Å². The molecule has 0 saturated heterocycles. The molecule has 0 spiro atoms. The molecular weight excluding hydrogens is 282 g/mol. The third kappa shape index (κ3) is 3.80. The summed E-state index contributed by atoms with van der Waals surface area (Å²) in [5, 5.41) is 13.8. The van der Waals surface area contributed by atoms with Crippen LogP contribution < -0.4 is 5.32 Å². The highest BCUT2D eigenvalue weighted by Gasteiger charge is 2.21. The first-order valence-corrected chi connectivity index (χ1v) is 8.09. The average molecular weight is 300 g/mol. The van der Waals surface area contributed by atoms with E-state index in [0.29, 0.717) is 16.8 Å². The number of carboxylic acid groups (broad SMARTS) is 1. The molecule has 5 heteroatoms. The number of hydrogen-bond donors (Lipinski definition) is 2. The summed E-state index contributed by atoms with van der Waals surface area (Å²) in [5.74, 6) is -0.942. The molecule has 1 saturated carbocycles. The Hall–Kier alpha value is -0.870. The van der Waals surface area contributed by atoms with Crippen molar-refractivity contribution in [3.63, 3.8) is 0 Å². The van der Waals surface area contributed by atoms with Crippen LogP contribution in [0.15, 0.2) is 18.2 Å². The third-order valence-electron chi connectivity index (χ3n) is 3.58. The van der Waals surface area contributed by atoms with E-state index in [-0.39, 0.29) is 5.56 Å². The number of nitrogens with one attached hydrogen (secondary N) is 1. The van der Waals surface area contributed by atoms with Crippen molar-refractivity contribution in [3.8, 4) is 0 Å². The minimum atomic E-state index is -0.942. The van der Waals surface area contributed by atoms with E-state index in [1.807, 2.05) is 11.8 Å². The largest absolute Gasteiger partial charge is 0.478 e. The number of thioether (sulfide) groups is 1. The summed E-state index contributed by atoms with van der Waals surface area (Å²) in [6.45, 7) is 0. The highest BCUT2D eigenvalue weighted by molar-refractivity contribution is 7.99. The van der Waals surface area contributed by atoms with Crippen LogP contribution in [0, 0.1) is 0 Å². The Bertz CT molecular complexity index is 459. The van der Waals surface area contributed by atoms with Crippen LogP contribution in [0.1, 0.15) is 36.0 Å². The predicted molar refractivity (Wildman–Crippen MR) is 81.6 cm³/mol. The zero-order valence-electron chi connectivity index (χ0n) is 10.9. The van der Waals surface area contributed by atoms with Crippen molar-refractivity contribution in [3.05, 3.63) is 28.8 Å². The van der Waals surface area contributed by atoms with Gasteiger partial charge in [-0.15, -0.1) is 0 Å². The fraction of sp³-hybridized carbons (Fsp3) is 0.500. The van der Waals surface area contributed by atoms with Crippen molar-refractivity contribution < 1.29 is 9.90 Å². The Morgan fingerprint density at radius 1 is 1.37 bits per heavy atom. The van der Waals surface area contributed by atoms with E-state index in [2.05, 4.69) is 11.6 Å². The Balaban J connectivity index is 2.05. The van der Waals surface area contributed by atoms with Gasteiger partial charge in [0.15, 0.2) is 0 Å². The second kappa shape index (κ2) is 6.53. The average Bonchev–Trinajstić information content (AvgIpc) is 2.41. The lowest BCUT2D eigenvalue weighted by molar-refractivity contribution is 0.0698. The summed E-state index contributed by atoms with van der Waals surface area (Å²) in [7, 11) is 0. The molecule has 19 heavy (non-hydrogen) atoms. The van der Waals surface area contributed by atoms with Gasteiger partial charge in [0.05, 0.1) is 5.56 Å². The van der Waals surface area contributed by atoms with Crippen LogP contribution in [-0.2, 0) is 0 Å². The molecule has 1 aromatic carbocycles. The van der Waals surface area contributed by atoms with Crippen LogP contribution >= 0.6 is 23.4 Å². The van der Waals surface area contributed by atoms with Crippen molar-refractivity contribution >= 4 is 35.0 Å². The van der Waals surface area contributed by atoms with Crippen molar-refractivity contribution in [1.29, 1.82) is 0 Å². The molecule has 1 aromatic rings. The van der Waals surface area contributed by atoms with Crippen LogP contribution in [0.4, 0.5) is 5.69 Å². The molecule has 1 aliphatic carbocycles. The smallest absolute Gasteiger partial charge is 0.337 e. The Kier molecular flexibility index (Phi) is 4.99. The van der Waals surface area contributed by atoms with Gasteiger partial charge >= 0.3 is 5.97 Å². The second-order valence-electron chi connectivity index (χ2n) is 4.85. The summed E-state index contributed by atoms with van der Waals surface area (Å²) in [5.41, 5.74) is 0.920. The number of hydrogen-bond acceptors (Lipinski definition) is 3. The van der Waals surface area contributed by atoms with Gasteiger partial charge in [-0.05, 0) is 50.1 Å². The zero-order valence-corrected chi connectivity index (χ0v) is 12.4. The molecule has 0 amide bonds. The van der Waals surface area contributed by atoms with Gasteiger partial charge in [0.25, 0.3) is 0 Å². The first kappa shape index (κ1) is 14.5. The molecule has 1 aliphatic rings. The molecule has 104 valence electrons. The number of rotatable bonds is 4. The van der Waals surface area contributed by atoms with Gasteiger partial charge in [-0.3, -0.25) is 0 Å². The molecule has 3 nitrogen and oxygen atoms in total. The standard InChI is InChI=1S/C14H18ClNO2S/c1-19-11-5-3-10(4-6-11)16-13-7-2-9(15)8-12(13)14(17)18/h2,7-8,10-11,16H,3-6H2,1H3,(H,17,18). The van der Waals surface area contributed by atoms with Crippen molar-refractivity contribution in [2.24, 2.45) is 0 Å². The number of benzene rings is 1.